The molecule has 214 valence electrons. The molecule has 0 aromatic heterocycles. The number of aliphatic imine (C=N–C) groups is 2. The van der Waals surface area contributed by atoms with E-state index in [1.54, 1.807) is 0 Å². The molecule has 3 heteroatoms. The van der Waals surface area contributed by atoms with Crippen molar-refractivity contribution in [2.24, 2.45) is 9.98 Å². The molecule has 0 aliphatic rings. The topological polar surface area (TPSA) is 24.7 Å². The number of benzene rings is 2. The molecule has 0 saturated carbocycles. The zero-order valence-electron chi connectivity index (χ0n) is 25.3. The van der Waals surface area contributed by atoms with Crippen LogP contribution < -0.4 is 0 Å². The van der Waals surface area contributed by atoms with Crippen molar-refractivity contribution in [3.8, 4) is 0 Å². The van der Waals surface area contributed by atoms with Crippen LogP contribution in [-0.2, 0) is 42.2 Å². The molecule has 2 rings (SSSR count). The monoisotopic (exact) mass is 560 g/mol. The molecule has 0 radical (unpaired) electrons. The Hall–Kier alpha value is -1.73. The standard InChI is InChI=1S/C35H54N2.Ni/c1-7-13-15-21-35(37-33-25-23-29(17-10-4)31(27-33)19-12-6)34(20-14-8-2)36-32-24-22-28(16-9-3)30(26-32)18-11-5;/h22-27H,7-21H2,1-6H3;. The van der Waals surface area contributed by atoms with E-state index in [4.69, 9.17) is 9.98 Å². The number of hydrogen-bond acceptors (Lipinski definition) is 2. The predicted molar refractivity (Wildman–Crippen MR) is 167 cm³/mol. The first-order chi connectivity index (χ1) is 18.1. The van der Waals surface area contributed by atoms with E-state index in [0.29, 0.717) is 0 Å². The van der Waals surface area contributed by atoms with Crippen LogP contribution in [0, 0.1) is 0 Å². The van der Waals surface area contributed by atoms with E-state index < -0.39 is 0 Å². The van der Waals surface area contributed by atoms with Crippen LogP contribution in [0.1, 0.15) is 134 Å². The largest absolute Gasteiger partial charge is 0.252 e. The van der Waals surface area contributed by atoms with Gasteiger partial charge < -0.3 is 0 Å². The fraction of sp³-hybridized carbons (Fsp3) is 0.600. The van der Waals surface area contributed by atoms with Crippen molar-refractivity contribution in [3.63, 3.8) is 0 Å². The first kappa shape index (κ1) is 34.3. The van der Waals surface area contributed by atoms with Crippen LogP contribution in [0.5, 0.6) is 0 Å². The van der Waals surface area contributed by atoms with Crippen molar-refractivity contribution >= 4 is 22.8 Å². The fourth-order valence-corrected chi connectivity index (χ4v) is 5.12. The molecule has 0 atom stereocenters. The van der Waals surface area contributed by atoms with E-state index >= 15 is 0 Å². The summed E-state index contributed by atoms with van der Waals surface area (Å²) in [6.45, 7) is 13.6. The Balaban J connectivity index is 0.00000722. The second-order valence-electron chi connectivity index (χ2n) is 10.6. The Bertz CT molecular complexity index is 989. The molecule has 38 heavy (non-hydrogen) atoms. The summed E-state index contributed by atoms with van der Waals surface area (Å²) in [5.41, 5.74) is 10.5. The molecule has 0 bridgehead atoms. The van der Waals surface area contributed by atoms with Crippen molar-refractivity contribution in [2.75, 3.05) is 0 Å². The summed E-state index contributed by atoms with van der Waals surface area (Å²) in [6.07, 6.45) is 17.2. The van der Waals surface area contributed by atoms with Crippen LogP contribution >= 0.6 is 0 Å². The summed E-state index contributed by atoms with van der Waals surface area (Å²) in [7, 11) is 0. The molecule has 2 aromatic rings. The van der Waals surface area contributed by atoms with Crippen LogP contribution in [-0.4, -0.2) is 11.4 Å². The second kappa shape index (κ2) is 20.2. The van der Waals surface area contributed by atoms with E-state index in [9.17, 15) is 0 Å². The van der Waals surface area contributed by atoms with Crippen LogP contribution in [0.25, 0.3) is 0 Å². The number of nitrogens with zero attached hydrogens (tertiary/aromatic N) is 2. The predicted octanol–water partition coefficient (Wildman–Crippen LogP) is 11.1. The van der Waals surface area contributed by atoms with Gasteiger partial charge >= 0.3 is 0 Å². The Kier molecular flexibility index (Phi) is 18.2. The second-order valence-corrected chi connectivity index (χ2v) is 10.6. The van der Waals surface area contributed by atoms with Gasteiger partial charge in [0.1, 0.15) is 0 Å². The normalized spacial score (nSPS) is 12.1. The first-order valence-corrected chi connectivity index (χ1v) is 15.5. The number of hydrogen-bond donors (Lipinski definition) is 0. The van der Waals surface area contributed by atoms with Crippen LogP contribution in [0.3, 0.4) is 0 Å². The molecule has 0 fully saturated rings. The zero-order chi connectivity index (χ0) is 26.9. The van der Waals surface area contributed by atoms with Gasteiger partial charge in [0.2, 0.25) is 0 Å². The quantitative estimate of drug-likeness (QED) is 0.0983. The molecule has 0 heterocycles. The molecule has 0 N–H and O–H groups in total. The first-order valence-electron chi connectivity index (χ1n) is 15.5. The summed E-state index contributed by atoms with van der Waals surface area (Å²) in [5, 5.41) is 0. The molecule has 0 spiro atoms. The van der Waals surface area contributed by atoms with Crippen molar-refractivity contribution in [1.29, 1.82) is 0 Å². The molecular weight excluding hydrogens is 507 g/mol. The van der Waals surface area contributed by atoms with Gasteiger partial charge in [-0.2, -0.15) is 0 Å². The Morgan fingerprint density at radius 3 is 1.26 bits per heavy atom. The number of unbranched alkanes of at least 4 members (excludes halogenated alkanes) is 3. The summed E-state index contributed by atoms with van der Waals surface area (Å²) >= 11 is 0. The van der Waals surface area contributed by atoms with E-state index in [0.717, 1.165) is 56.3 Å². The minimum atomic E-state index is 0. The third kappa shape index (κ3) is 11.6. The van der Waals surface area contributed by atoms with E-state index in [1.165, 1.54) is 85.0 Å². The molecule has 0 saturated heterocycles. The van der Waals surface area contributed by atoms with Crippen LogP contribution in [0.2, 0.25) is 0 Å². The van der Waals surface area contributed by atoms with E-state index in [-0.39, 0.29) is 16.5 Å². The van der Waals surface area contributed by atoms with Gasteiger partial charge in [-0.1, -0.05) is 98.6 Å². The van der Waals surface area contributed by atoms with Gasteiger partial charge in [-0.15, -0.1) is 0 Å². The van der Waals surface area contributed by atoms with Gasteiger partial charge in [-0.25, -0.2) is 0 Å². The SMILES string of the molecule is CCCCCC(=Nc1ccc(CCC)c(CCC)c1)C(CCCC)=Nc1ccc(CCC)c(CCC)c1.[Ni]. The maximum Gasteiger partial charge on any atom is 0.0636 e. The third-order valence-corrected chi connectivity index (χ3v) is 7.10. The van der Waals surface area contributed by atoms with Crippen molar-refractivity contribution < 1.29 is 16.5 Å². The summed E-state index contributed by atoms with van der Waals surface area (Å²) in [4.78, 5) is 10.6. The van der Waals surface area contributed by atoms with Crippen molar-refractivity contribution in [2.45, 2.75) is 138 Å². The molecule has 0 aliphatic carbocycles. The number of rotatable bonds is 18. The van der Waals surface area contributed by atoms with Gasteiger partial charge in [0.25, 0.3) is 0 Å². The van der Waals surface area contributed by atoms with Gasteiger partial charge in [-0.05, 0) is 97.9 Å². The maximum absolute atomic E-state index is 5.32. The molecule has 0 amide bonds. The van der Waals surface area contributed by atoms with E-state index in [2.05, 4.69) is 77.9 Å². The van der Waals surface area contributed by atoms with E-state index in [1.807, 2.05) is 0 Å². The maximum atomic E-state index is 5.32. The summed E-state index contributed by atoms with van der Waals surface area (Å²) in [5.74, 6) is 0. The fourth-order valence-electron chi connectivity index (χ4n) is 5.12. The van der Waals surface area contributed by atoms with Gasteiger partial charge in [-0.3, -0.25) is 9.98 Å². The van der Waals surface area contributed by atoms with Gasteiger partial charge in [0.05, 0.1) is 22.8 Å². The van der Waals surface area contributed by atoms with Crippen molar-refractivity contribution in [1.82, 2.24) is 0 Å². The Morgan fingerprint density at radius 2 is 0.868 bits per heavy atom. The Morgan fingerprint density at radius 1 is 0.474 bits per heavy atom. The third-order valence-electron chi connectivity index (χ3n) is 7.10. The van der Waals surface area contributed by atoms with Crippen molar-refractivity contribution in [3.05, 3.63) is 58.7 Å². The smallest absolute Gasteiger partial charge is 0.0636 e. The minimum absolute atomic E-state index is 0. The average Bonchev–Trinajstić information content (AvgIpc) is 2.89. The molecular formula is C35H54N2Ni. The summed E-state index contributed by atoms with van der Waals surface area (Å²) < 4.78 is 0. The van der Waals surface area contributed by atoms with Crippen LogP contribution in [0.4, 0.5) is 11.4 Å². The van der Waals surface area contributed by atoms with Gasteiger partial charge in [0, 0.05) is 16.5 Å². The zero-order valence-corrected chi connectivity index (χ0v) is 26.3. The van der Waals surface area contributed by atoms with Crippen LogP contribution in [0.15, 0.2) is 46.4 Å². The Labute approximate surface area is 245 Å². The summed E-state index contributed by atoms with van der Waals surface area (Å²) in [6, 6.07) is 13.8. The molecule has 0 unspecified atom stereocenters. The minimum Gasteiger partial charge on any atom is -0.252 e. The number of aryl methyl sites for hydroxylation is 4. The molecule has 2 aromatic carbocycles. The molecule has 0 aliphatic heterocycles. The molecule has 2 nitrogen and oxygen atoms in total. The van der Waals surface area contributed by atoms with Gasteiger partial charge in [0.15, 0.2) is 0 Å². The average molecular weight is 562 g/mol.